The van der Waals surface area contributed by atoms with Crippen molar-refractivity contribution < 1.29 is 4.79 Å². The van der Waals surface area contributed by atoms with Gasteiger partial charge >= 0.3 is 0 Å². The average molecular weight is 268 g/mol. The van der Waals surface area contributed by atoms with Gasteiger partial charge in [0.2, 0.25) is 5.91 Å². The Morgan fingerprint density at radius 1 is 1.56 bits per heavy atom. The minimum atomic E-state index is 0.0118. The summed E-state index contributed by atoms with van der Waals surface area (Å²) in [5.41, 5.74) is 6.56. The summed E-state index contributed by atoms with van der Waals surface area (Å²) in [6.07, 6.45) is 1.51. The lowest BCUT2D eigenvalue weighted by molar-refractivity contribution is -0.116. The maximum atomic E-state index is 11.7. The molecular weight excluding hydrogens is 250 g/mol. The maximum absolute atomic E-state index is 11.7. The molecule has 0 radical (unpaired) electrons. The minimum Gasteiger partial charge on any atom is -0.326 e. The highest BCUT2D eigenvalue weighted by atomic mass is 35.5. The third-order valence-corrected chi connectivity index (χ3v) is 3.31. The van der Waals surface area contributed by atoms with Crippen LogP contribution in [0.5, 0.6) is 0 Å². The monoisotopic (exact) mass is 267 g/mol. The second-order valence-corrected chi connectivity index (χ2v) is 5.09. The topological polar surface area (TPSA) is 58.4 Å². The zero-order valence-electron chi connectivity index (χ0n) is 10.2. The number of anilines is 1. The van der Waals surface area contributed by atoms with Crippen molar-refractivity contribution in [1.82, 2.24) is 4.90 Å². The SMILES string of the molecule is N[C@H]1CCN(CCC(=O)Nc2cccc(Cl)c2)C1. The van der Waals surface area contributed by atoms with Crippen LogP contribution in [0.2, 0.25) is 5.02 Å². The summed E-state index contributed by atoms with van der Waals surface area (Å²) in [4.78, 5) is 14.0. The van der Waals surface area contributed by atoms with Crippen molar-refractivity contribution in [1.29, 1.82) is 0 Å². The van der Waals surface area contributed by atoms with Crippen LogP contribution in [-0.4, -0.2) is 36.5 Å². The van der Waals surface area contributed by atoms with Crippen molar-refractivity contribution in [2.24, 2.45) is 5.73 Å². The smallest absolute Gasteiger partial charge is 0.225 e. The number of halogens is 1. The fraction of sp³-hybridized carbons (Fsp3) is 0.462. The molecule has 1 aliphatic rings. The standard InChI is InChI=1S/C13H18ClN3O/c14-10-2-1-3-12(8-10)16-13(18)5-7-17-6-4-11(15)9-17/h1-3,8,11H,4-7,9,15H2,(H,16,18)/t11-/m0/s1. The number of carbonyl (C=O) groups is 1. The first-order valence-corrected chi connectivity index (χ1v) is 6.54. The van der Waals surface area contributed by atoms with Gasteiger partial charge in [0.1, 0.15) is 0 Å². The molecule has 5 heteroatoms. The minimum absolute atomic E-state index is 0.0118. The molecule has 2 rings (SSSR count). The van der Waals surface area contributed by atoms with Gasteiger partial charge in [0.15, 0.2) is 0 Å². The van der Waals surface area contributed by atoms with Gasteiger partial charge in [-0.15, -0.1) is 0 Å². The van der Waals surface area contributed by atoms with Crippen LogP contribution < -0.4 is 11.1 Å². The van der Waals surface area contributed by atoms with E-state index in [-0.39, 0.29) is 11.9 Å². The summed E-state index contributed by atoms with van der Waals surface area (Å²) in [5, 5.41) is 3.46. The highest BCUT2D eigenvalue weighted by molar-refractivity contribution is 6.30. The lowest BCUT2D eigenvalue weighted by atomic mass is 10.3. The molecule has 18 heavy (non-hydrogen) atoms. The number of rotatable bonds is 4. The molecule has 1 aromatic rings. The number of nitrogens with two attached hydrogens (primary N) is 1. The first-order chi connectivity index (χ1) is 8.63. The fourth-order valence-electron chi connectivity index (χ4n) is 2.12. The predicted octanol–water partition coefficient (Wildman–Crippen LogP) is 1.70. The molecule has 1 aliphatic heterocycles. The molecule has 1 heterocycles. The Hall–Kier alpha value is -1.10. The van der Waals surface area contributed by atoms with Crippen LogP contribution in [0, 0.1) is 0 Å². The summed E-state index contributed by atoms with van der Waals surface area (Å²) in [6, 6.07) is 7.43. The summed E-state index contributed by atoms with van der Waals surface area (Å²) in [6.45, 7) is 2.65. The van der Waals surface area contributed by atoms with E-state index in [0.29, 0.717) is 11.4 Å². The number of hydrogen-bond acceptors (Lipinski definition) is 3. The number of likely N-dealkylation sites (tertiary alicyclic amines) is 1. The molecule has 0 saturated carbocycles. The highest BCUT2D eigenvalue weighted by Crippen LogP contribution is 2.15. The Bertz CT molecular complexity index is 424. The zero-order chi connectivity index (χ0) is 13.0. The summed E-state index contributed by atoms with van der Waals surface area (Å²) in [5.74, 6) is 0.0118. The third kappa shape index (κ3) is 3.98. The van der Waals surface area contributed by atoms with E-state index in [0.717, 1.165) is 31.7 Å². The Labute approximate surface area is 112 Å². The lowest BCUT2D eigenvalue weighted by Gasteiger charge is -2.14. The molecule has 1 amide bonds. The van der Waals surface area contributed by atoms with Gasteiger partial charge in [0.05, 0.1) is 0 Å². The van der Waals surface area contributed by atoms with Gasteiger partial charge in [-0.1, -0.05) is 17.7 Å². The highest BCUT2D eigenvalue weighted by Gasteiger charge is 2.19. The van der Waals surface area contributed by atoms with E-state index in [1.165, 1.54) is 0 Å². The van der Waals surface area contributed by atoms with Gasteiger partial charge in [0, 0.05) is 36.3 Å². The predicted molar refractivity (Wildman–Crippen MR) is 73.7 cm³/mol. The second-order valence-electron chi connectivity index (χ2n) is 4.66. The molecule has 0 spiro atoms. The Morgan fingerprint density at radius 2 is 2.39 bits per heavy atom. The van der Waals surface area contributed by atoms with Crippen molar-refractivity contribution in [3.63, 3.8) is 0 Å². The van der Waals surface area contributed by atoms with Crippen LogP contribution in [0.15, 0.2) is 24.3 Å². The van der Waals surface area contributed by atoms with E-state index in [1.807, 2.05) is 12.1 Å². The molecule has 0 unspecified atom stereocenters. The maximum Gasteiger partial charge on any atom is 0.225 e. The van der Waals surface area contributed by atoms with Crippen molar-refractivity contribution >= 4 is 23.2 Å². The van der Waals surface area contributed by atoms with E-state index in [2.05, 4.69) is 10.2 Å². The number of carbonyl (C=O) groups excluding carboxylic acids is 1. The van der Waals surface area contributed by atoms with E-state index < -0.39 is 0 Å². The van der Waals surface area contributed by atoms with Crippen LogP contribution in [-0.2, 0) is 4.79 Å². The lowest BCUT2D eigenvalue weighted by Crippen LogP contribution is -2.29. The first-order valence-electron chi connectivity index (χ1n) is 6.17. The Balaban J connectivity index is 1.75. The summed E-state index contributed by atoms with van der Waals surface area (Å²) in [7, 11) is 0. The van der Waals surface area contributed by atoms with Crippen molar-refractivity contribution in [2.75, 3.05) is 25.0 Å². The Morgan fingerprint density at radius 3 is 3.06 bits per heavy atom. The van der Waals surface area contributed by atoms with E-state index in [4.69, 9.17) is 17.3 Å². The molecule has 0 aliphatic carbocycles. The van der Waals surface area contributed by atoms with Crippen LogP contribution in [0.4, 0.5) is 5.69 Å². The van der Waals surface area contributed by atoms with Crippen molar-refractivity contribution in [3.8, 4) is 0 Å². The molecule has 3 N–H and O–H groups in total. The molecule has 4 nitrogen and oxygen atoms in total. The molecule has 0 aromatic heterocycles. The first kappa shape index (κ1) is 13.3. The second kappa shape index (κ2) is 6.18. The van der Waals surface area contributed by atoms with Gasteiger partial charge in [-0.25, -0.2) is 0 Å². The molecule has 98 valence electrons. The van der Waals surface area contributed by atoms with Gasteiger partial charge in [-0.3, -0.25) is 4.79 Å². The number of amides is 1. The fourth-order valence-corrected chi connectivity index (χ4v) is 2.31. The number of nitrogens with one attached hydrogen (secondary N) is 1. The molecule has 1 saturated heterocycles. The average Bonchev–Trinajstić information content (AvgIpc) is 2.73. The van der Waals surface area contributed by atoms with Gasteiger partial charge in [-0.05, 0) is 31.2 Å². The molecule has 1 aromatic carbocycles. The normalized spacial score (nSPS) is 20.0. The largest absolute Gasteiger partial charge is 0.326 e. The quantitative estimate of drug-likeness (QED) is 0.873. The van der Waals surface area contributed by atoms with Crippen molar-refractivity contribution in [2.45, 2.75) is 18.9 Å². The molecular formula is C13H18ClN3O. The zero-order valence-corrected chi connectivity index (χ0v) is 11.0. The summed E-state index contributed by atoms with van der Waals surface area (Å²) < 4.78 is 0. The summed E-state index contributed by atoms with van der Waals surface area (Å²) >= 11 is 5.85. The Kier molecular flexibility index (Phi) is 4.58. The van der Waals surface area contributed by atoms with E-state index in [1.54, 1.807) is 12.1 Å². The van der Waals surface area contributed by atoms with E-state index in [9.17, 15) is 4.79 Å². The van der Waals surface area contributed by atoms with Gasteiger partial charge < -0.3 is 16.0 Å². The van der Waals surface area contributed by atoms with Crippen molar-refractivity contribution in [3.05, 3.63) is 29.3 Å². The van der Waals surface area contributed by atoms with Crippen LogP contribution >= 0.6 is 11.6 Å². The molecule has 1 atom stereocenters. The van der Waals surface area contributed by atoms with Gasteiger partial charge in [0.25, 0.3) is 0 Å². The number of nitrogens with zero attached hydrogens (tertiary/aromatic N) is 1. The third-order valence-electron chi connectivity index (χ3n) is 3.07. The van der Waals surface area contributed by atoms with Crippen LogP contribution in [0.1, 0.15) is 12.8 Å². The number of benzene rings is 1. The van der Waals surface area contributed by atoms with Gasteiger partial charge in [-0.2, -0.15) is 0 Å². The number of hydrogen-bond donors (Lipinski definition) is 2. The molecule has 0 bridgehead atoms. The van der Waals surface area contributed by atoms with E-state index >= 15 is 0 Å². The van der Waals surface area contributed by atoms with Crippen LogP contribution in [0.25, 0.3) is 0 Å². The molecule has 1 fully saturated rings. The van der Waals surface area contributed by atoms with Crippen LogP contribution in [0.3, 0.4) is 0 Å².